The van der Waals surface area contributed by atoms with Crippen LogP contribution in [0.3, 0.4) is 0 Å². The summed E-state index contributed by atoms with van der Waals surface area (Å²) in [6.07, 6.45) is 1.91. The van der Waals surface area contributed by atoms with E-state index in [-0.39, 0.29) is 5.69 Å². The van der Waals surface area contributed by atoms with E-state index in [0.717, 1.165) is 11.1 Å². The van der Waals surface area contributed by atoms with Crippen molar-refractivity contribution in [2.24, 2.45) is 0 Å². The third-order valence-corrected chi connectivity index (χ3v) is 2.30. The Hall–Kier alpha value is -2.36. The summed E-state index contributed by atoms with van der Waals surface area (Å²) in [6, 6.07) is 11.1. The van der Waals surface area contributed by atoms with Crippen molar-refractivity contribution in [1.29, 1.82) is 0 Å². The van der Waals surface area contributed by atoms with Crippen molar-refractivity contribution in [2.75, 3.05) is 0 Å². The van der Waals surface area contributed by atoms with Gasteiger partial charge in [-0.15, -0.1) is 0 Å². The molecule has 2 rings (SSSR count). The van der Waals surface area contributed by atoms with Gasteiger partial charge in [0, 0.05) is 6.07 Å². The molecule has 0 amide bonds. The van der Waals surface area contributed by atoms with E-state index in [9.17, 15) is 4.79 Å². The number of aromatic carboxylic acids is 1. The van der Waals surface area contributed by atoms with Gasteiger partial charge < -0.3 is 9.63 Å². The molecule has 86 valence electrons. The summed E-state index contributed by atoms with van der Waals surface area (Å²) in [5.41, 5.74) is 1.77. The SMILES string of the molecule is C/C(=C\c1ccccc1)c1cc(C(=O)O)no1. The zero-order valence-corrected chi connectivity index (χ0v) is 9.25. The number of allylic oxidation sites excluding steroid dienone is 1. The summed E-state index contributed by atoms with van der Waals surface area (Å²) in [6.45, 7) is 1.85. The van der Waals surface area contributed by atoms with Gasteiger partial charge in [0.1, 0.15) is 0 Å². The number of hydrogen-bond acceptors (Lipinski definition) is 3. The molecule has 2 aromatic rings. The fraction of sp³-hybridized carbons (Fsp3) is 0.0769. The Balaban J connectivity index is 2.27. The first-order chi connectivity index (χ1) is 8.16. The number of nitrogens with zero attached hydrogens (tertiary/aromatic N) is 1. The highest BCUT2D eigenvalue weighted by Crippen LogP contribution is 2.18. The van der Waals surface area contributed by atoms with Gasteiger partial charge in [0.15, 0.2) is 11.5 Å². The fourth-order valence-electron chi connectivity index (χ4n) is 1.43. The number of carboxylic acid groups (broad SMARTS) is 1. The van der Waals surface area contributed by atoms with E-state index >= 15 is 0 Å². The smallest absolute Gasteiger partial charge is 0.358 e. The van der Waals surface area contributed by atoms with Crippen molar-refractivity contribution >= 4 is 17.6 Å². The highest BCUT2D eigenvalue weighted by molar-refractivity contribution is 5.87. The first-order valence-corrected chi connectivity index (χ1v) is 5.10. The molecule has 4 nitrogen and oxygen atoms in total. The van der Waals surface area contributed by atoms with E-state index in [4.69, 9.17) is 9.63 Å². The molecule has 0 aliphatic heterocycles. The summed E-state index contributed by atoms with van der Waals surface area (Å²) >= 11 is 0. The van der Waals surface area contributed by atoms with E-state index in [1.54, 1.807) is 0 Å². The molecular weight excluding hydrogens is 218 g/mol. The second-order valence-electron chi connectivity index (χ2n) is 3.62. The zero-order valence-electron chi connectivity index (χ0n) is 9.25. The van der Waals surface area contributed by atoms with Gasteiger partial charge in [-0.25, -0.2) is 4.79 Å². The topological polar surface area (TPSA) is 63.3 Å². The molecule has 1 aromatic heterocycles. The molecule has 0 fully saturated rings. The van der Waals surface area contributed by atoms with E-state index < -0.39 is 5.97 Å². The minimum Gasteiger partial charge on any atom is -0.476 e. The Kier molecular flexibility index (Phi) is 3.05. The van der Waals surface area contributed by atoms with Crippen LogP contribution in [0.5, 0.6) is 0 Å². The zero-order chi connectivity index (χ0) is 12.3. The molecule has 0 atom stereocenters. The Labute approximate surface area is 98.2 Å². The molecule has 0 spiro atoms. The molecule has 4 heteroatoms. The van der Waals surface area contributed by atoms with Crippen LogP contribution in [-0.4, -0.2) is 16.2 Å². The second-order valence-corrected chi connectivity index (χ2v) is 3.62. The summed E-state index contributed by atoms with van der Waals surface area (Å²) in [5.74, 6) is -0.626. The number of rotatable bonds is 3. The van der Waals surface area contributed by atoms with Gasteiger partial charge in [0.05, 0.1) is 0 Å². The number of benzene rings is 1. The van der Waals surface area contributed by atoms with Crippen molar-refractivity contribution in [3.63, 3.8) is 0 Å². The van der Waals surface area contributed by atoms with Gasteiger partial charge in [-0.2, -0.15) is 0 Å². The van der Waals surface area contributed by atoms with E-state index in [1.165, 1.54) is 6.07 Å². The Morgan fingerprint density at radius 1 is 1.35 bits per heavy atom. The minimum absolute atomic E-state index is 0.0826. The predicted molar refractivity (Wildman–Crippen MR) is 63.4 cm³/mol. The van der Waals surface area contributed by atoms with Crippen LogP contribution in [0.25, 0.3) is 11.6 Å². The molecule has 1 aromatic carbocycles. The summed E-state index contributed by atoms with van der Waals surface area (Å²) in [5, 5.41) is 12.2. The van der Waals surface area contributed by atoms with Gasteiger partial charge in [-0.05, 0) is 24.1 Å². The molecule has 1 heterocycles. The van der Waals surface area contributed by atoms with Gasteiger partial charge >= 0.3 is 5.97 Å². The number of aromatic nitrogens is 1. The largest absolute Gasteiger partial charge is 0.476 e. The van der Waals surface area contributed by atoms with Crippen molar-refractivity contribution in [1.82, 2.24) is 5.16 Å². The third kappa shape index (κ3) is 2.60. The van der Waals surface area contributed by atoms with Crippen molar-refractivity contribution in [3.05, 3.63) is 53.4 Å². The Bertz CT molecular complexity index is 555. The van der Waals surface area contributed by atoms with Crippen LogP contribution in [0.1, 0.15) is 28.7 Å². The van der Waals surface area contributed by atoms with E-state index in [2.05, 4.69) is 5.16 Å². The lowest BCUT2D eigenvalue weighted by atomic mass is 10.1. The average Bonchev–Trinajstić information content (AvgIpc) is 2.79. The normalized spacial score (nSPS) is 11.5. The maximum absolute atomic E-state index is 10.7. The van der Waals surface area contributed by atoms with Crippen LogP contribution in [0.15, 0.2) is 40.9 Å². The molecule has 0 saturated carbocycles. The Morgan fingerprint density at radius 2 is 2.06 bits per heavy atom. The third-order valence-electron chi connectivity index (χ3n) is 2.30. The number of hydrogen-bond donors (Lipinski definition) is 1. The van der Waals surface area contributed by atoms with Crippen LogP contribution < -0.4 is 0 Å². The summed E-state index contributed by atoms with van der Waals surface area (Å²) < 4.78 is 4.96. The lowest BCUT2D eigenvalue weighted by molar-refractivity contribution is 0.0685. The first kappa shape index (κ1) is 11.1. The van der Waals surface area contributed by atoms with Crippen LogP contribution >= 0.6 is 0 Å². The highest BCUT2D eigenvalue weighted by atomic mass is 16.5. The molecule has 17 heavy (non-hydrogen) atoms. The second kappa shape index (κ2) is 4.65. The molecule has 1 N–H and O–H groups in total. The van der Waals surface area contributed by atoms with E-state index in [0.29, 0.717) is 5.76 Å². The standard InChI is InChI=1S/C13H11NO3/c1-9(7-10-5-3-2-4-6-10)12-8-11(13(15)16)14-17-12/h2-8H,1H3,(H,15,16)/b9-7+. The maximum Gasteiger partial charge on any atom is 0.358 e. The van der Waals surface area contributed by atoms with Crippen molar-refractivity contribution in [2.45, 2.75) is 6.92 Å². The minimum atomic E-state index is -1.09. The quantitative estimate of drug-likeness (QED) is 0.878. The summed E-state index contributed by atoms with van der Waals surface area (Å²) in [7, 11) is 0. The maximum atomic E-state index is 10.7. The van der Waals surface area contributed by atoms with Crippen molar-refractivity contribution in [3.8, 4) is 0 Å². The molecule has 0 aliphatic carbocycles. The van der Waals surface area contributed by atoms with Gasteiger partial charge in [-0.1, -0.05) is 35.5 Å². The molecule has 0 radical (unpaired) electrons. The molecule has 0 unspecified atom stereocenters. The summed E-state index contributed by atoms with van der Waals surface area (Å²) in [4.78, 5) is 10.7. The number of carboxylic acids is 1. The number of carbonyl (C=O) groups is 1. The van der Waals surface area contributed by atoms with Crippen LogP contribution in [-0.2, 0) is 0 Å². The average molecular weight is 229 g/mol. The predicted octanol–water partition coefficient (Wildman–Crippen LogP) is 2.93. The molecular formula is C13H11NO3. The van der Waals surface area contributed by atoms with Gasteiger partial charge in [0.25, 0.3) is 0 Å². The van der Waals surface area contributed by atoms with Gasteiger partial charge in [-0.3, -0.25) is 0 Å². The van der Waals surface area contributed by atoms with E-state index in [1.807, 2.05) is 43.3 Å². The van der Waals surface area contributed by atoms with Crippen LogP contribution in [0, 0.1) is 0 Å². The molecule has 0 saturated heterocycles. The highest BCUT2D eigenvalue weighted by Gasteiger charge is 2.11. The first-order valence-electron chi connectivity index (χ1n) is 5.10. The van der Waals surface area contributed by atoms with Crippen molar-refractivity contribution < 1.29 is 14.4 Å². The van der Waals surface area contributed by atoms with Crippen LogP contribution in [0.4, 0.5) is 0 Å². The lowest BCUT2D eigenvalue weighted by Crippen LogP contribution is -1.94. The fourth-order valence-corrected chi connectivity index (χ4v) is 1.43. The van der Waals surface area contributed by atoms with Gasteiger partial charge in [0.2, 0.25) is 0 Å². The van der Waals surface area contributed by atoms with Crippen LogP contribution in [0.2, 0.25) is 0 Å². The monoisotopic (exact) mass is 229 g/mol. The molecule has 0 aliphatic rings. The lowest BCUT2D eigenvalue weighted by Gasteiger charge is -1.95. The Morgan fingerprint density at radius 3 is 2.65 bits per heavy atom. The molecule has 0 bridgehead atoms.